The lowest BCUT2D eigenvalue weighted by Crippen LogP contribution is -2.58. The van der Waals surface area contributed by atoms with Crippen molar-refractivity contribution in [1.82, 2.24) is 35.9 Å². The van der Waals surface area contributed by atoms with E-state index in [1.54, 1.807) is 0 Å². The molecule has 0 aromatic carbocycles. The lowest BCUT2D eigenvalue weighted by Gasteiger charge is -2.24. The molecule has 4 amide bonds. The molecule has 0 spiro atoms. The molecule has 4 atom stereocenters. The van der Waals surface area contributed by atoms with Gasteiger partial charge >= 0.3 is 5.97 Å². The molecule has 2 rings (SSSR count). The van der Waals surface area contributed by atoms with E-state index in [9.17, 15) is 29.1 Å². The molecule has 2 aromatic rings. The number of imidazole rings is 2. The minimum atomic E-state index is -1.55. The van der Waals surface area contributed by atoms with Crippen molar-refractivity contribution in [3.8, 4) is 0 Å². The van der Waals surface area contributed by atoms with Gasteiger partial charge in [-0.25, -0.2) is 14.8 Å². The van der Waals surface area contributed by atoms with Crippen LogP contribution < -0.4 is 27.4 Å². The zero-order chi connectivity index (χ0) is 26.0. The number of nitrogens with zero attached hydrogens (tertiary/aromatic N) is 2. The molecule has 2 aromatic heterocycles. The number of amides is 4. The number of aliphatic hydroxyl groups excluding tert-OH is 1. The molecule has 0 aliphatic rings. The molecule has 0 fully saturated rings. The molecule has 0 bridgehead atoms. The Kier molecular flexibility index (Phi) is 9.85. The summed E-state index contributed by atoms with van der Waals surface area (Å²) in [6.45, 7) is -0.677. The third kappa shape index (κ3) is 8.52. The van der Waals surface area contributed by atoms with Crippen molar-refractivity contribution in [2.75, 3.05) is 6.61 Å². The lowest BCUT2D eigenvalue weighted by atomic mass is 10.1. The Morgan fingerprint density at radius 1 is 0.857 bits per heavy atom. The van der Waals surface area contributed by atoms with Gasteiger partial charge in [0.1, 0.15) is 24.2 Å². The first kappa shape index (κ1) is 26.9. The Morgan fingerprint density at radius 3 is 1.80 bits per heavy atom. The molecule has 4 unspecified atom stereocenters. The summed E-state index contributed by atoms with van der Waals surface area (Å²) in [4.78, 5) is 74.1. The number of aromatic amines is 2. The van der Waals surface area contributed by atoms with Gasteiger partial charge < -0.3 is 47.6 Å². The second-order valence-corrected chi connectivity index (χ2v) is 7.54. The summed E-state index contributed by atoms with van der Waals surface area (Å²) in [6, 6.07) is -5.55. The smallest absolute Gasteiger partial charge is 0.326 e. The van der Waals surface area contributed by atoms with E-state index in [4.69, 9.17) is 16.6 Å². The quantitative estimate of drug-likeness (QED) is 0.122. The summed E-state index contributed by atoms with van der Waals surface area (Å²) >= 11 is 0. The number of carboxylic acid groups (broad SMARTS) is 1. The van der Waals surface area contributed by atoms with Gasteiger partial charge in [-0.05, 0) is 0 Å². The normalized spacial score (nSPS) is 14.2. The summed E-state index contributed by atoms with van der Waals surface area (Å²) in [7, 11) is 0. The average molecular weight is 493 g/mol. The van der Waals surface area contributed by atoms with E-state index in [1.165, 1.54) is 25.0 Å². The Balaban J connectivity index is 2.17. The van der Waals surface area contributed by atoms with Crippen molar-refractivity contribution in [2.45, 2.75) is 43.4 Å². The summed E-state index contributed by atoms with van der Waals surface area (Å²) in [6.07, 6.45) is 4.58. The second-order valence-electron chi connectivity index (χ2n) is 7.54. The van der Waals surface area contributed by atoms with Gasteiger partial charge in [0.15, 0.2) is 0 Å². The molecule has 0 saturated carbocycles. The highest BCUT2D eigenvalue weighted by molar-refractivity contribution is 5.96. The topological polar surface area (TPSA) is 271 Å². The van der Waals surface area contributed by atoms with Crippen molar-refractivity contribution in [1.29, 1.82) is 0 Å². The highest BCUT2D eigenvalue weighted by Gasteiger charge is 2.31. The van der Waals surface area contributed by atoms with Crippen LogP contribution in [0.1, 0.15) is 17.8 Å². The van der Waals surface area contributed by atoms with Gasteiger partial charge in [0.2, 0.25) is 23.6 Å². The zero-order valence-corrected chi connectivity index (χ0v) is 18.4. The molecule has 16 heteroatoms. The van der Waals surface area contributed by atoms with Crippen LogP contribution in [0.4, 0.5) is 0 Å². The van der Waals surface area contributed by atoms with Gasteiger partial charge in [0.25, 0.3) is 0 Å². The molecule has 35 heavy (non-hydrogen) atoms. The van der Waals surface area contributed by atoms with Crippen LogP contribution in [0.2, 0.25) is 0 Å². The fourth-order valence-electron chi connectivity index (χ4n) is 2.96. The van der Waals surface area contributed by atoms with Gasteiger partial charge in [-0.15, -0.1) is 0 Å². The maximum Gasteiger partial charge on any atom is 0.326 e. The van der Waals surface area contributed by atoms with Crippen LogP contribution in [0.15, 0.2) is 25.0 Å². The van der Waals surface area contributed by atoms with Crippen molar-refractivity contribution < 1.29 is 34.2 Å². The van der Waals surface area contributed by atoms with Gasteiger partial charge in [0, 0.05) is 36.6 Å². The van der Waals surface area contributed by atoms with Crippen LogP contribution in [0, 0.1) is 0 Å². The number of nitrogens with one attached hydrogen (secondary N) is 5. The number of aliphatic carboxylic acids is 1. The number of nitrogens with two attached hydrogens (primary N) is 2. The fourth-order valence-corrected chi connectivity index (χ4v) is 2.96. The summed E-state index contributed by atoms with van der Waals surface area (Å²) in [5, 5.41) is 25.5. The molecule has 2 heterocycles. The number of carbonyl (C=O) groups is 5. The largest absolute Gasteiger partial charge is 0.480 e. The standard InChI is InChI=1S/C19H27N9O7/c20-11(6-29)16(31)26-12(1-9-4-22-7-24-9)17(32)27-13(3-15(21)30)18(33)28-14(19(34)35)2-10-5-23-8-25-10/h4-5,7-8,11-14,29H,1-3,6,20H2,(H2,21,30)(H,22,24)(H,23,25)(H,26,31)(H,27,32)(H,28,33)(H,34,35). The minimum absolute atomic E-state index is 0.0990. The van der Waals surface area contributed by atoms with E-state index in [1.807, 2.05) is 0 Å². The first-order valence-corrected chi connectivity index (χ1v) is 10.3. The molecule has 190 valence electrons. The number of aliphatic hydroxyl groups is 1. The van der Waals surface area contributed by atoms with Crippen molar-refractivity contribution in [2.24, 2.45) is 11.5 Å². The van der Waals surface area contributed by atoms with Gasteiger partial charge in [-0.3, -0.25) is 19.2 Å². The van der Waals surface area contributed by atoms with E-state index in [0.717, 1.165) is 0 Å². The molecule has 0 saturated heterocycles. The number of primary amides is 1. The molecule has 0 aliphatic carbocycles. The first-order valence-electron chi connectivity index (χ1n) is 10.3. The Hall–Kier alpha value is -4.31. The predicted octanol–water partition coefficient (Wildman–Crippen LogP) is -4.35. The molecular formula is C19H27N9O7. The second kappa shape index (κ2) is 12.8. The van der Waals surface area contributed by atoms with E-state index in [2.05, 4.69) is 35.9 Å². The summed E-state index contributed by atoms with van der Waals surface area (Å²) in [5.74, 6) is -5.02. The Bertz CT molecular complexity index is 1010. The van der Waals surface area contributed by atoms with Crippen molar-refractivity contribution >= 4 is 29.6 Å². The highest BCUT2D eigenvalue weighted by atomic mass is 16.4. The molecule has 0 radical (unpaired) electrons. The summed E-state index contributed by atoms with van der Waals surface area (Å²) < 4.78 is 0. The van der Waals surface area contributed by atoms with E-state index in [0.29, 0.717) is 11.4 Å². The summed E-state index contributed by atoms with van der Waals surface area (Å²) in [5.41, 5.74) is 11.6. The molecular weight excluding hydrogens is 466 g/mol. The average Bonchev–Trinajstić information content (AvgIpc) is 3.50. The van der Waals surface area contributed by atoms with Crippen LogP contribution in [0.5, 0.6) is 0 Å². The van der Waals surface area contributed by atoms with Crippen LogP contribution in [-0.4, -0.2) is 90.5 Å². The zero-order valence-electron chi connectivity index (χ0n) is 18.4. The third-order valence-corrected chi connectivity index (χ3v) is 4.78. The van der Waals surface area contributed by atoms with E-state index >= 15 is 0 Å². The minimum Gasteiger partial charge on any atom is -0.480 e. The maximum absolute atomic E-state index is 13.0. The van der Waals surface area contributed by atoms with Gasteiger partial charge in [0.05, 0.1) is 25.7 Å². The Morgan fingerprint density at radius 2 is 1.34 bits per heavy atom. The Labute approximate surface area is 198 Å². The number of hydrogen-bond acceptors (Lipinski definition) is 9. The molecule has 16 nitrogen and oxygen atoms in total. The van der Waals surface area contributed by atoms with E-state index < -0.39 is 66.8 Å². The maximum atomic E-state index is 13.0. The number of aromatic nitrogens is 4. The lowest BCUT2D eigenvalue weighted by molar-refractivity contribution is -0.142. The number of carboxylic acids is 1. The molecule has 11 N–H and O–H groups in total. The number of rotatable bonds is 14. The predicted molar refractivity (Wildman–Crippen MR) is 117 cm³/mol. The number of hydrogen-bond donors (Lipinski definition) is 9. The monoisotopic (exact) mass is 493 g/mol. The number of H-pyrrole nitrogens is 2. The SMILES string of the molecule is NC(=O)CC(NC(=O)C(Cc1cnc[nH]1)NC(=O)C(N)CO)C(=O)NC(Cc1cnc[nH]1)C(=O)O. The first-order chi connectivity index (χ1) is 16.6. The highest BCUT2D eigenvalue weighted by Crippen LogP contribution is 2.04. The molecule has 0 aliphatic heterocycles. The fraction of sp³-hybridized carbons (Fsp3) is 0.421. The van der Waals surface area contributed by atoms with Crippen molar-refractivity contribution in [3.05, 3.63) is 36.4 Å². The van der Waals surface area contributed by atoms with Crippen LogP contribution in [0.25, 0.3) is 0 Å². The van der Waals surface area contributed by atoms with Crippen LogP contribution in [0.3, 0.4) is 0 Å². The van der Waals surface area contributed by atoms with Crippen LogP contribution >= 0.6 is 0 Å². The van der Waals surface area contributed by atoms with Crippen molar-refractivity contribution in [3.63, 3.8) is 0 Å². The van der Waals surface area contributed by atoms with Gasteiger partial charge in [-0.1, -0.05) is 0 Å². The van der Waals surface area contributed by atoms with E-state index in [-0.39, 0.29) is 12.8 Å². The van der Waals surface area contributed by atoms with Gasteiger partial charge in [-0.2, -0.15) is 0 Å². The number of carbonyl (C=O) groups excluding carboxylic acids is 4. The van der Waals surface area contributed by atoms with Crippen LogP contribution in [-0.2, 0) is 36.8 Å². The third-order valence-electron chi connectivity index (χ3n) is 4.78.